The van der Waals surface area contributed by atoms with Gasteiger partial charge in [0.2, 0.25) is 5.91 Å². The Morgan fingerprint density at radius 1 is 0.479 bits per heavy atom. The van der Waals surface area contributed by atoms with E-state index in [1.54, 1.807) is 0 Å². The number of phosphoric acid groups is 1. The maximum Gasteiger partial charge on any atom is 0.472 e. The van der Waals surface area contributed by atoms with Crippen molar-refractivity contribution in [1.29, 1.82) is 0 Å². The summed E-state index contributed by atoms with van der Waals surface area (Å²) in [6.45, 7) is 7.00. The molecule has 0 heterocycles. The average Bonchev–Trinajstić information content (AvgIpc) is 3.33. The van der Waals surface area contributed by atoms with Crippen molar-refractivity contribution in [2.45, 2.75) is 315 Å². The summed E-state index contributed by atoms with van der Waals surface area (Å²) >= 11 is 0. The molecule has 2 N–H and O–H groups in total. The molecule has 0 saturated heterocycles. The van der Waals surface area contributed by atoms with Crippen molar-refractivity contribution in [3.05, 3.63) is 24.3 Å². The average molecular weight is 1020 g/mol. The Bertz CT molecular complexity index is 1270. The lowest BCUT2D eigenvalue weighted by atomic mass is 10.0. The van der Waals surface area contributed by atoms with Crippen molar-refractivity contribution in [3.63, 3.8) is 0 Å². The van der Waals surface area contributed by atoms with E-state index in [2.05, 4.69) is 38.2 Å². The largest absolute Gasteiger partial charge is 0.472 e. The first kappa shape index (κ1) is 69.5. The van der Waals surface area contributed by atoms with Crippen molar-refractivity contribution in [3.8, 4) is 0 Å². The molecule has 1 amide bonds. The van der Waals surface area contributed by atoms with E-state index in [0.29, 0.717) is 23.9 Å². The highest BCUT2D eigenvalue weighted by Gasteiger charge is 2.30. The molecule has 9 nitrogen and oxygen atoms in total. The molecule has 3 unspecified atom stereocenters. The fourth-order valence-electron chi connectivity index (χ4n) is 9.10. The van der Waals surface area contributed by atoms with Gasteiger partial charge in [-0.1, -0.05) is 264 Å². The highest BCUT2D eigenvalue weighted by Crippen LogP contribution is 2.43. The van der Waals surface area contributed by atoms with Gasteiger partial charge in [0.15, 0.2) is 0 Å². The van der Waals surface area contributed by atoms with Crippen LogP contribution in [0.25, 0.3) is 0 Å². The number of hydrogen-bond acceptors (Lipinski definition) is 6. The van der Waals surface area contributed by atoms with Gasteiger partial charge in [-0.05, 0) is 51.0 Å². The Kier molecular flexibility index (Phi) is 50.8. The van der Waals surface area contributed by atoms with Gasteiger partial charge in [-0.2, -0.15) is 0 Å². The molecule has 0 radical (unpaired) electrons. The Balaban J connectivity index is 5.17. The van der Waals surface area contributed by atoms with Crippen LogP contribution in [-0.2, 0) is 27.9 Å². The quantitative estimate of drug-likeness (QED) is 0.0205. The van der Waals surface area contributed by atoms with E-state index in [1.807, 2.05) is 33.3 Å². The lowest BCUT2D eigenvalue weighted by Gasteiger charge is -2.27. The van der Waals surface area contributed by atoms with Gasteiger partial charge in [0.05, 0.1) is 33.8 Å². The monoisotopic (exact) mass is 1020 g/mol. The molecule has 0 rings (SSSR count). The summed E-state index contributed by atoms with van der Waals surface area (Å²) in [4.78, 5) is 37.6. The number of hydrogen-bond donors (Lipinski definition) is 2. The number of carbonyl (C=O) groups excluding carboxylic acids is 2. The number of esters is 1. The summed E-state index contributed by atoms with van der Waals surface area (Å²) in [6, 6.07) is -0.846. The third-order valence-corrected chi connectivity index (χ3v) is 14.9. The molecule has 0 aliphatic heterocycles. The fourth-order valence-corrected chi connectivity index (χ4v) is 9.84. The van der Waals surface area contributed by atoms with Crippen LogP contribution in [-0.4, -0.2) is 74.3 Å². The molecule has 0 aromatic heterocycles. The minimum atomic E-state index is -4.44. The standard InChI is InChI=1S/C61H119N2O7P/c1-7-10-13-16-19-22-25-27-28-29-30-31-32-33-34-36-39-42-45-48-51-54-61(65)70-59(52-49-46-43-40-38-35-26-23-20-17-14-11-8-2)58(57-69-71(66,67)68-56-55-63(4,5)6)62-60(64)53-50-47-44-41-37-24-21-18-15-12-9-3/h18,21,49,52,58-59H,7-17,19-20,22-48,50-51,53-57H2,1-6H3,(H-,62,64,66,67)/p+1/b21-18-,52-49-. The number of likely N-dealkylation sites (N-methyl/N-ethyl adjacent to an activating group) is 1. The van der Waals surface area contributed by atoms with Gasteiger partial charge in [0.1, 0.15) is 19.3 Å². The number of unbranched alkanes of at least 4 members (excludes halogenated alkanes) is 38. The third kappa shape index (κ3) is 53.1. The first-order valence-electron chi connectivity index (χ1n) is 30.7. The number of rotatable bonds is 56. The van der Waals surface area contributed by atoms with Crippen LogP contribution < -0.4 is 5.32 Å². The predicted octanol–water partition coefficient (Wildman–Crippen LogP) is 18.6. The molecule has 71 heavy (non-hydrogen) atoms. The molecule has 420 valence electrons. The normalized spacial score (nSPS) is 13.8. The topological polar surface area (TPSA) is 111 Å². The molecule has 10 heteroatoms. The zero-order chi connectivity index (χ0) is 52.2. The maximum absolute atomic E-state index is 13.5. The zero-order valence-electron chi connectivity index (χ0n) is 48.0. The number of allylic oxidation sites excluding steroid dienone is 3. The van der Waals surface area contributed by atoms with E-state index in [4.69, 9.17) is 13.8 Å². The number of quaternary nitrogens is 1. The summed E-state index contributed by atoms with van der Waals surface area (Å²) < 4.78 is 30.6. The van der Waals surface area contributed by atoms with Gasteiger partial charge in [-0.25, -0.2) is 4.57 Å². The Morgan fingerprint density at radius 3 is 1.24 bits per heavy atom. The van der Waals surface area contributed by atoms with E-state index < -0.39 is 20.0 Å². The minimum absolute atomic E-state index is 0.0419. The second-order valence-electron chi connectivity index (χ2n) is 22.2. The van der Waals surface area contributed by atoms with Gasteiger partial charge in [0, 0.05) is 12.8 Å². The molecule has 3 atom stereocenters. The molecule has 0 fully saturated rings. The van der Waals surface area contributed by atoms with E-state index in [0.717, 1.165) is 83.5 Å². The molecular weight excluding hydrogens is 904 g/mol. The van der Waals surface area contributed by atoms with Crippen LogP contribution in [0.4, 0.5) is 0 Å². The first-order chi connectivity index (χ1) is 34.4. The Hall–Kier alpha value is -1.51. The van der Waals surface area contributed by atoms with Crippen LogP contribution in [0.2, 0.25) is 0 Å². The van der Waals surface area contributed by atoms with E-state index >= 15 is 0 Å². The zero-order valence-corrected chi connectivity index (χ0v) is 48.9. The van der Waals surface area contributed by atoms with Crippen LogP contribution in [0, 0.1) is 0 Å². The summed E-state index contributed by atoms with van der Waals surface area (Å²) in [6.07, 6.45) is 60.4. The summed E-state index contributed by atoms with van der Waals surface area (Å²) in [5.74, 6) is -0.502. The highest BCUT2D eigenvalue weighted by molar-refractivity contribution is 7.47. The smallest absolute Gasteiger partial charge is 0.456 e. The van der Waals surface area contributed by atoms with Crippen LogP contribution in [0.1, 0.15) is 303 Å². The number of amides is 1. The fraction of sp³-hybridized carbons (Fsp3) is 0.902. The number of phosphoric ester groups is 1. The first-order valence-corrected chi connectivity index (χ1v) is 32.2. The lowest BCUT2D eigenvalue weighted by Crippen LogP contribution is -2.47. The van der Waals surface area contributed by atoms with Gasteiger partial charge in [-0.3, -0.25) is 18.6 Å². The van der Waals surface area contributed by atoms with Crippen LogP contribution in [0.5, 0.6) is 0 Å². The van der Waals surface area contributed by atoms with Gasteiger partial charge in [0.25, 0.3) is 0 Å². The van der Waals surface area contributed by atoms with Crippen molar-refractivity contribution in [1.82, 2.24) is 5.32 Å². The predicted molar refractivity (Wildman–Crippen MR) is 305 cm³/mol. The number of nitrogens with one attached hydrogen (secondary N) is 1. The Labute approximate surface area is 441 Å². The number of nitrogens with zero attached hydrogens (tertiary/aromatic N) is 1. The van der Waals surface area contributed by atoms with Crippen LogP contribution in [0.3, 0.4) is 0 Å². The molecule has 0 spiro atoms. The lowest BCUT2D eigenvalue weighted by molar-refractivity contribution is -0.870. The summed E-state index contributed by atoms with van der Waals surface area (Å²) in [5.41, 5.74) is 0. The van der Waals surface area contributed by atoms with Gasteiger partial charge < -0.3 is 19.4 Å². The van der Waals surface area contributed by atoms with Gasteiger partial charge >= 0.3 is 13.8 Å². The summed E-state index contributed by atoms with van der Waals surface area (Å²) in [7, 11) is 1.50. The molecule has 0 bridgehead atoms. The van der Waals surface area contributed by atoms with E-state index in [-0.39, 0.29) is 25.1 Å². The number of carbonyl (C=O) groups is 2. The molecule has 0 saturated carbocycles. The SMILES string of the molecule is CCCC/C=C\CCCCCCCC(=O)NC(COP(=O)(O)OCC[N+](C)(C)C)C(/C=C\CCCCCCCCCCCCC)OC(=O)CCCCCCCCCCCCCCCCCCCCCCC. The minimum Gasteiger partial charge on any atom is -0.456 e. The second kappa shape index (κ2) is 52.0. The van der Waals surface area contributed by atoms with Gasteiger partial charge in [-0.15, -0.1) is 0 Å². The highest BCUT2D eigenvalue weighted by atomic mass is 31.2. The molecule has 0 aromatic rings. The van der Waals surface area contributed by atoms with Crippen molar-refractivity contribution in [2.24, 2.45) is 0 Å². The number of ether oxygens (including phenoxy) is 1. The maximum atomic E-state index is 13.5. The van der Waals surface area contributed by atoms with Crippen LogP contribution >= 0.6 is 7.82 Å². The molecule has 0 aliphatic carbocycles. The third-order valence-electron chi connectivity index (χ3n) is 13.9. The molecule has 0 aromatic carbocycles. The van der Waals surface area contributed by atoms with E-state index in [9.17, 15) is 19.0 Å². The summed E-state index contributed by atoms with van der Waals surface area (Å²) in [5, 5.41) is 3.05. The second-order valence-corrected chi connectivity index (χ2v) is 23.7. The van der Waals surface area contributed by atoms with Crippen molar-refractivity contribution in [2.75, 3.05) is 40.9 Å². The van der Waals surface area contributed by atoms with Crippen molar-refractivity contribution < 1.29 is 37.3 Å². The molecule has 0 aliphatic rings. The molecular formula is C61H120N2O7P+. The van der Waals surface area contributed by atoms with E-state index in [1.165, 1.54) is 186 Å². The Morgan fingerprint density at radius 2 is 0.831 bits per heavy atom. The van der Waals surface area contributed by atoms with Crippen LogP contribution in [0.15, 0.2) is 24.3 Å². The van der Waals surface area contributed by atoms with Crippen molar-refractivity contribution >= 4 is 19.7 Å².